The molecule has 6 nitrogen and oxygen atoms in total. The number of carbonyl (C=O) groups excluding carboxylic acids is 2. The fourth-order valence-corrected chi connectivity index (χ4v) is 5.88. The first-order valence-corrected chi connectivity index (χ1v) is 15.8. The van der Waals surface area contributed by atoms with Crippen molar-refractivity contribution in [1.82, 2.24) is 10.6 Å². The Morgan fingerprint density at radius 1 is 0.750 bits per heavy atom. The zero-order valence-electron chi connectivity index (χ0n) is 25.4. The lowest BCUT2D eigenvalue weighted by Crippen LogP contribution is -2.35. The van der Waals surface area contributed by atoms with Crippen LogP contribution in [0.1, 0.15) is 38.7 Å². The van der Waals surface area contributed by atoms with Gasteiger partial charge in [0.25, 0.3) is 5.91 Å². The molecule has 5 aromatic carbocycles. The summed E-state index contributed by atoms with van der Waals surface area (Å²) in [5.41, 5.74) is 4.43. The molecule has 0 aliphatic heterocycles. The molecule has 3 N–H and O–H groups in total. The van der Waals surface area contributed by atoms with Gasteiger partial charge in [-0.15, -0.1) is 0 Å². The topological polar surface area (TPSA) is 95.5 Å². The minimum Gasteiger partial charge on any atom is -0.474 e. The molecule has 0 bridgehead atoms. The zero-order valence-corrected chi connectivity index (χ0v) is 27.0. The van der Waals surface area contributed by atoms with Gasteiger partial charge in [-0.3, -0.25) is 9.59 Å². The van der Waals surface area contributed by atoms with Gasteiger partial charge >= 0.3 is 18.1 Å². The summed E-state index contributed by atoms with van der Waals surface area (Å²) >= 11 is 3.50. The van der Waals surface area contributed by atoms with Gasteiger partial charge in [0.1, 0.15) is 0 Å². The molecule has 2 amide bonds. The SMILES string of the molecule is O=C(O)C(=O)NC(Cc1ccc(C(=O)NCCc2ccc(-c3ccccc3)cc2)cc1Br)c1ccc(-c2ccccc2C(F)(F)F)cc1. The van der Waals surface area contributed by atoms with Crippen LogP contribution < -0.4 is 10.6 Å². The van der Waals surface area contributed by atoms with Gasteiger partial charge < -0.3 is 15.7 Å². The highest BCUT2D eigenvalue weighted by Gasteiger charge is 2.33. The van der Waals surface area contributed by atoms with Gasteiger partial charge in [-0.2, -0.15) is 13.2 Å². The molecular weight excluding hydrogens is 685 g/mol. The number of carbonyl (C=O) groups is 3. The van der Waals surface area contributed by atoms with Crippen LogP contribution in [0, 0.1) is 0 Å². The summed E-state index contributed by atoms with van der Waals surface area (Å²) in [5, 5.41) is 14.6. The van der Waals surface area contributed by atoms with Crippen molar-refractivity contribution in [1.29, 1.82) is 0 Å². The van der Waals surface area contributed by atoms with E-state index in [4.69, 9.17) is 0 Å². The summed E-state index contributed by atoms with van der Waals surface area (Å²) in [4.78, 5) is 36.4. The van der Waals surface area contributed by atoms with Gasteiger partial charge in [0, 0.05) is 16.6 Å². The molecule has 0 saturated heterocycles. The summed E-state index contributed by atoms with van der Waals surface area (Å²) in [7, 11) is 0. The molecule has 0 fully saturated rings. The summed E-state index contributed by atoms with van der Waals surface area (Å²) in [6.07, 6.45) is -3.76. The van der Waals surface area contributed by atoms with E-state index in [0.717, 1.165) is 22.8 Å². The maximum absolute atomic E-state index is 13.6. The van der Waals surface area contributed by atoms with E-state index in [9.17, 15) is 32.7 Å². The van der Waals surface area contributed by atoms with E-state index in [0.29, 0.717) is 39.7 Å². The molecule has 5 aromatic rings. The number of carboxylic acid groups (broad SMARTS) is 1. The van der Waals surface area contributed by atoms with Crippen molar-refractivity contribution in [2.24, 2.45) is 0 Å². The molecule has 0 saturated carbocycles. The number of benzene rings is 5. The third-order valence-electron chi connectivity index (χ3n) is 7.86. The molecular formula is C38H30BrF3N2O4. The first-order chi connectivity index (χ1) is 23.0. The van der Waals surface area contributed by atoms with Crippen molar-refractivity contribution in [3.05, 3.63) is 154 Å². The number of rotatable bonds is 10. The molecule has 0 aliphatic carbocycles. The van der Waals surface area contributed by atoms with Crippen molar-refractivity contribution >= 4 is 33.7 Å². The molecule has 0 aliphatic rings. The highest BCUT2D eigenvalue weighted by atomic mass is 79.9. The van der Waals surface area contributed by atoms with Crippen LogP contribution in [0.15, 0.2) is 126 Å². The number of nitrogens with one attached hydrogen (secondary N) is 2. The minimum atomic E-state index is -4.54. The number of halogens is 4. The normalized spacial score (nSPS) is 11.8. The van der Waals surface area contributed by atoms with E-state index in [-0.39, 0.29) is 17.9 Å². The Morgan fingerprint density at radius 2 is 1.38 bits per heavy atom. The predicted octanol–water partition coefficient (Wildman–Crippen LogP) is 8.26. The van der Waals surface area contributed by atoms with Crippen molar-refractivity contribution in [3.63, 3.8) is 0 Å². The maximum atomic E-state index is 13.6. The Hall–Kier alpha value is -5.22. The first kappa shape index (κ1) is 34.1. The number of hydrogen-bond donors (Lipinski definition) is 3. The first-order valence-electron chi connectivity index (χ1n) is 15.0. The number of aliphatic carboxylic acids is 1. The van der Waals surface area contributed by atoms with E-state index in [1.54, 1.807) is 30.3 Å². The average Bonchev–Trinajstić information content (AvgIpc) is 3.09. The van der Waals surface area contributed by atoms with Crippen LogP contribution in [-0.2, 0) is 28.6 Å². The summed E-state index contributed by atoms with van der Waals surface area (Å²) in [5.74, 6) is -3.17. The fraction of sp³-hybridized carbons (Fsp3) is 0.132. The number of carboxylic acids is 1. The molecule has 0 heterocycles. The maximum Gasteiger partial charge on any atom is 0.417 e. The van der Waals surface area contributed by atoms with E-state index in [1.807, 2.05) is 42.5 Å². The molecule has 5 rings (SSSR count). The van der Waals surface area contributed by atoms with Gasteiger partial charge in [-0.25, -0.2) is 4.79 Å². The van der Waals surface area contributed by atoms with Crippen LogP contribution in [0.4, 0.5) is 13.2 Å². The lowest BCUT2D eigenvalue weighted by atomic mass is 9.94. The second kappa shape index (κ2) is 15.1. The molecule has 1 unspecified atom stereocenters. The Bertz CT molecular complexity index is 1910. The Kier molecular flexibility index (Phi) is 10.8. The van der Waals surface area contributed by atoms with Gasteiger partial charge in [0.15, 0.2) is 0 Å². The molecule has 10 heteroatoms. The van der Waals surface area contributed by atoms with Crippen LogP contribution in [-0.4, -0.2) is 29.4 Å². The van der Waals surface area contributed by atoms with Gasteiger partial charge in [0.05, 0.1) is 11.6 Å². The fourth-order valence-electron chi connectivity index (χ4n) is 5.34. The standard InChI is InChI=1S/C38H30BrF3N2O4/c39-33-22-30(35(45)43-21-20-24-10-12-26(13-11-24)25-6-2-1-3-7-25)19-18-29(33)23-34(44-36(46)37(47)48)28-16-14-27(15-17-28)31-8-4-5-9-32(31)38(40,41)42/h1-19,22,34H,20-21,23H2,(H,43,45)(H,44,46)(H,47,48). The van der Waals surface area contributed by atoms with Gasteiger partial charge in [0.2, 0.25) is 0 Å². The number of alkyl halides is 3. The molecule has 48 heavy (non-hydrogen) atoms. The smallest absolute Gasteiger partial charge is 0.417 e. The van der Waals surface area contributed by atoms with Crippen LogP contribution in [0.2, 0.25) is 0 Å². The number of hydrogen-bond acceptors (Lipinski definition) is 3. The second-order valence-electron chi connectivity index (χ2n) is 11.1. The molecule has 1 atom stereocenters. The third kappa shape index (κ3) is 8.57. The second-order valence-corrected chi connectivity index (χ2v) is 11.9. The molecule has 0 radical (unpaired) electrons. The Morgan fingerprint density at radius 3 is 2.02 bits per heavy atom. The quantitative estimate of drug-likeness (QED) is 0.127. The third-order valence-corrected chi connectivity index (χ3v) is 8.59. The summed E-state index contributed by atoms with van der Waals surface area (Å²) in [6.45, 7) is 0.426. The molecule has 0 spiro atoms. The summed E-state index contributed by atoms with van der Waals surface area (Å²) < 4.78 is 41.3. The predicted molar refractivity (Wildman–Crippen MR) is 181 cm³/mol. The summed E-state index contributed by atoms with van der Waals surface area (Å²) in [6, 6.07) is 33.7. The van der Waals surface area contributed by atoms with E-state index in [2.05, 4.69) is 38.7 Å². The van der Waals surface area contributed by atoms with Crippen molar-refractivity contribution in [2.45, 2.75) is 25.1 Å². The van der Waals surface area contributed by atoms with Crippen LogP contribution >= 0.6 is 15.9 Å². The highest BCUT2D eigenvalue weighted by Crippen LogP contribution is 2.37. The largest absolute Gasteiger partial charge is 0.474 e. The zero-order chi connectivity index (χ0) is 34.3. The Labute approximate surface area is 283 Å². The Balaban J connectivity index is 1.25. The monoisotopic (exact) mass is 714 g/mol. The van der Waals surface area contributed by atoms with Crippen molar-refractivity contribution in [2.75, 3.05) is 6.54 Å². The average molecular weight is 716 g/mol. The number of amides is 2. The van der Waals surface area contributed by atoms with Crippen LogP contribution in [0.5, 0.6) is 0 Å². The van der Waals surface area contributed by atoms with Crippen molar-refractivity contribution in [3.8, 4) is 22.3 Å². The minimum absolute atomic E-state index is 0.000228. The van der Waals surface area contributed by atoms with Crippen LogP contribution in [0.25, 0.3) is 22.3 Å². The van der Waals surface area contributed by atoms with Gasteiger partial charge in [-0.05, 0) is 70.0 Å². The van der Waals surface area contributed by atoms with Crippen LogP contribution in [0.3, 0.4) is 0 Å². The highest BCUT2D eigenvalue weighted by molar-refractivity contribution is 9.10. The van der Waals surface area contributed by atoms with E-state index in [1.165, 1.54) is 30.3 Å². The van der Waals surface area contributed by atoms with E-state index >= 15 is 0 Å². The molecule has 0 aromatic heterocycles. The molecule has 244 valence electrons. The lowest BCUT2D eigenvalue weighted by Gasteiger charge is -2.20. The van der Waals surface area contributed by atoms with E-state index < -0.39 is 29.7 Å². The van der Waals surface area contributed by atoms with Gasteiger partial charge in [-0.1, -0.05) is 119 Å². The lowest BCUT2D eigenvalue weighted by molar-refractivity contribution is -0.150. The van der Waals surface area contributed by atoms with Crippen molar-refractivity contribution < 1.29 is 32.7 Å².